The molecule has 44 heavy (non-hydrogen) atoms. The lowest BCUT2D eigenvalue weighted by Gasteiger charge is -2.37. The van der Waals surface area contributed by atoms with Gasteiger partial charge < -0.3 is 34.0 Å². The lowest BCUT2D eigenvalue weighted by Crippen LogP contribution is -2.57. The van der Waals surface area contributed by atoms with Crippen molar-refractivity contribution in [3.63, 3.8) is 0 Å². The Morgan fingerprint density at radius 1 is 1.05 bits per heavy atom. The van der Waals surface area contributed by atoms with Crippen LogP contribution in [0.2, 0.25) is 0 Å². The molecule has 3 aliphatic heterocycles. The average Bonchev–Trinajstić information content (AvgIpc) is 3.62. The Balaban J connectivity index is 1.54. The number of rotatable bonds is 13. The number of alkyl halides is 1. The van der Waals surface area contributed by atoms with Gasteiger partial charge in [-0.3, -0.25) is 14.4 Å². The summed E-state index contributed by atoms with van der Waals surface area (Å²) in [5.41, 5.74) is -0.0500. The number of methoxy groups -OCH3 is 1. The number of carbonyl (C=O) groups excluding carboxylic acids is 3. The third-order valence-electron chi connectivity index (χ3n) is 8.65. The van der Waals surface area contributed by atoms with Crippen LogP contribution in [-0.2, 0) is 19.1 Å². The van der Waals surface area contributed by atoms with Crippen LogP contribution in [0.25, 0.3) is 0 Å². The number of β-amino-alcohol motifs (C(OH)–C–C–N with tert-alkyl or cyclic N) is 1. The van der Waals surface area contributed by atoms with Gasteiger partial charge in [-0.2, -0.15) is 0 Å². The predicted octanol–water partition coefficient (Wildman–Crippen LogP) is 3.57. The van der Waals surface area contributed by atoms with Crippen LogP contribution in [0.15, 0.2) is 73.8 Å². The summed E-state index contributed by atoms with van der Waals surface area (Å²) < 4.78 is 17.5. The molecule has 2 aromatic rings. The summed E-state index contributed by atoms with van der Waals surface area (Å²) in [4.78, 5) is 47.4. The second-order valence-corrected chi connectivity index (χ2v) is 12.2. The Hall–Kier alpha value is -3.67. The van der Waals surface area contributed by atoms with Crippen LogP contribution in [0, 0.1) is 11.8 Å². The molecule has 2 aromatic carbocycles. The molecule has 0 aliphatic carbocycles. The molecule has 3 aliphatic rings. The van der Waals surface area contributed by atoms with Gasteiger partial charge in [0.25, 0.3) is 5.91 Å². The van der Waals surface area contributed by atoms with Crippen molar-refractivity contribution in [2.75, 3.05) is 49.8 Å². The van der Waals surface area contributed by atoms with Gasteiger partial charge in [0.15, 0.2) is 0 Å². The highest BCUT2D eigenvalue weighted by Crippen LogP contribution is 2.60. The molecular weight excluding hydrogens is 630 g/mol. The summed E-state index contributed by atoms with van der Waals surface area (Å²) in [6.45, 7) is 10.1. The number of aliphatic hydroxyl groups is 1. The average molecular weight is 669 g/mol. The van der Waals surface area contributed by atoms with Crippen molar-refractivity contribution in [2.24, 2.45) is 11.8 Å². The molecule has 1 spiro atoms. The second-order valence-electron chi connectivity index (χ2n) is 11.0. The molecule has 2 bridgehead atoms. The number of halogens is 1. The standard InChI is InChI=1S/C33H38BrN3O7/c1-5-16-35(21-10-14-24(15-11-21)43-7-3)30(39)26-27-31(40)37(18-19-38)29(33(27)20-25(34)28(26)44-33)32(41)36(17-6-2)22-8-12-23(42-4)13-9-22/h5-6,8-15,25-29,38H,1-2,7,16-20H2,3-4H3/t25?,26-,27-,28-,29?,33?/m0/s1. The van der Waals surface area contributed by atoms with E-state index >= 15 is 0 Å². The third kappa shape index (κ3) is 5.31. The lowest BCUT2D eigenvalue weighted by molar-refractivity contribution is -0.141. The van der Waals surface area contributed by atoms with Gasteiger partial charge in [0.2, 0.25) is 11.8 Å². The van der Waals surface area contributed by atoms with Gasteiger partial charge in [-0.15, -0.1) is 13.2 Å². The Labute approximate surface area is 266 Å². The minimum absolute atomic E-state index is 0.0742. The number of benzene rings is 2. The molecule has 10 nitrogen and oxygen atoms in total. The number of ether oxygens (including phenoxy) is 3. The van der Waals surface area contributed by atoms with E-state index in [1.165, 1.54) is 4.90 Å². The fourth-order valence-electron chi connectivity index (χ4n) is 6.92. The molecule has 0 radical (unpaired) electrons. The molecule has 3 amide bonds. The molecule has 3 unspecified atom stereocenters. The van der Waals surface area contributed by atoms with E-state index in [0.29, 0.717) is 35.9 Å². The molecule has 3 heterocycles. The fraction of sp³-hybridized carbons (Fsp3) is 0.424. The van der Waals surface area contributed by atoms with Crippen LogP contribution in [0.3, 0.4) is 0 Å². The van der Waals surface area contributed by atoms with Crippen molar-refractivity contribution in [3.8, 4) is 11.5 Å². The number of carbonyl (C=O) groups is 3. The number of nitrogens with zero attached hydrogens (tertiary/aromatic N) is 3. The van der Waals surface area contributed by atoms with E-state index in [-0.39, 0.29) is 48.8 Å². The van der Waals surface area contributed by atoms with Crippen molar-refractivity contribution in [3.05, 3.63) is 73.8 Å². The van der Waals surface area contributed by atoms with Crippen molar-refractivity contribution in [1.29, 1.82) is 0 Å². The van der Waals surface area contributed by atoms with Crippen LogP contribution in [-0.4, -0.2) is 90.3 Å². The monoisotopic (exact) mass is 667 g/mol. The van der Waals surface area contributed by atoms with E-state index in [0.717, 1.165) is 0 Å². The van der Waals surface area contributed by atoms with Gasteiger partial charge in [-0.05, 0) is 61.9 Å². The molecule has 5 rings (SSSR count). The van der Waals surface area contributed by atoms with Crippen molar-refractivity contribution in [2.45, 2.75) is 35.9 Å². The summed E-state index contributed by atoms with van der Waals surface area (Å²) in [5.74, 6) is -1.50. The summed E-state index contributed by atoms with van der Waals surface area (Å²) in [6, 6.07) is 13.1. The molecule has 234 valence electrons. The third-order valence-corrected chi connectivity index (χ3v) is 9.49. The zero-order valence-corrected chi connectivity index (χ0v) is 26.5. The van der Waals surface area contributed by atoms with Crippen molar-refractivity contribution < 1.29 is 33.7 Å². The predicted molar refractivity (Wildman–Crippen MR) is 170 cm³/mol. The topological polar surface area (TPSA) is 109 Å². The highest BCUT2D eigenvalue weighted by atomic mass is 79.9. The van der Waals surface area contributed by atoms with Crippen LogP contribution in [0.5, 0.6) is 11.5 Å². The first-order valence-corrected chi connectivity index (χ1v) is 15.6. The number of fused-ring (bicyclic) bond motifs is 1. The molecule has 11 heteroatoms. The fourth-order valence-corrected chi connectivity index (χ4v) is 7.86. The minimum atomic E-state index is -1.27. The highest BCUT2D eigenvalue weighted by molar-refractivity contribution is 9.09. The smallest absolute Gasteiger partial charge is 0.253 e. The number of amides is 3. The normalized spacial score (nSPS) is 26.7. The maximum absolute atomic E-state index is 14.5. The molecule has 1 N–H and O–H groups in total. The van der Waals surface area contributed by atoms with Crippen molar-refractivity contribution >= 4 is 45.0 Å². The van der Waals surface area contributed by atoms with Crippen LogP contribution >= 0.6 is 15.9 Å². The maximum atomic E-state index is 14.5. The number of hydrogen-bond acceptors (Lipinski definition) is 7. The zero-order valence-electron chi connectivity index (χ0n) is 24.9. The molecular formula is C33H38BrN3O7. The number of hydrogen-bond donors (Lipinski definition) is 1. The first kappa shape index (κ1) is 31.7. The Morgan fingerprint density at radius 2 is 1.61 bits per heavy atom. The van der Waals surface area contributed by atoms with Gasteiger partial charge in [0.1, 0.15) is 23.1 Å². The minimum Gasteiger partial charge on any atom is -0.497 e. The molecule has 0 saturated carbocycles. The second kappa shape index (κ2) is 13.1. The zero-order chi connectivity index (χ0) is 31.6. The van der Waals surface area contributed by atoms with E-state index in [2.05, 4.69) is 29.1 Å². The summed E-state index contributed by atoms with van der Waals surface area (Å²) >= 11 is 3.72. The van der Waals surface area contributed by atoms with Crippen LogP contribution in [0.1, 0.15) is 13.3 Å². The summed E-state index contributed by atoms with van der Waals surface area (Å²) in [6.07, 6.45) is 2.96. The number of aliphatic hydroxyl groups excluding tert-OH is 1. The number of likely N-dealkylation sites (tertiary alicyclic amines) is 1. The molecule has 3 fully saturated rings. The first-order chi connectivity index (χ1) is 21.3. The lowest BCUT2D eigenvalue weighted by atomic mass is 9.70. The SMILES string of the molecule is C=CCN(C(=O)C1N(CCO)C(=O)[C@@H]2[C@H](C(=O)N(CC=C)c3ccc(OCC)cc3)[C@H]3OC12CC3Br)c1ccc(OC)cc1. The molecule has 3 saturated heterocycles. The Morgan fingerprint density at radius 3 is 2.14 bits per heavy atom. The van der Waals surface area contributed by atoms with Crippen molar-refractivity contribution in [1.82, 2.24) is 4.90 Å². The Kier molecular flexibility index (Phi) is 9.48. The van der Waals surface area contributed by atoms with E-state index in [4.69, 9.17) is 14.2 Å². The Bertz CT molecular complexity index is 1400. The van der Waals surface area contributed by atoms with E-state index in [1.54, 1.807) is 77.6 Å². The van der Waals surface area contributed by atoms with Crippen LogP contribution in [0.4, 0.5) is 11.4 Å². The van der Waals surface area contributed by atoms with E-state index in [9.17, 15) is 19.5 Å². The highest BCUT2D eigenvalue weighted by Gasteiger charge is 2.77. The van der Waals surface area contributed by atoms with Gasteiger partial charge in [0.05, 0.1) is 38.3 Å². The largest absolute Gasteiger partial charge is 0.497 e. The first-order valence-electron chi connectivity index (χ1n) is 14.7. The summed E-state index contributed by atoms with van der Waals surface area (Å²) in [5, 5.41) is 9.99. The van der Waals surface area contributed by atoms with Gasteiger partial charge >= 0.3 is 0 Å². The molecule has 6 atom stereocenters. The van der Waals surface area contributed by atoms with Gasteiger partial charge in [-0.1, -0.05) is 28.1 Å². The van der Waals surface area contributed by atoms with Crippen LogP contribution < -0.4 is 19.3 Å². The number of anilines is 2. The quantitative estimate of drug-likeness (QED) is 0.257. The molecule has 0 aromatic heterocycles. The maximum Gasteiger partial charge on any atom is 0.253 e. The van der Waals surface area contributed by atoms with E-state index in [1.807, 2.05) is 6.92 Å². The van der Waals surface area contributed by atoms with Gasteiger partial charge in [-0.25, -0.2) is 0 Å². The van der Waals surface area contributed by atoms with Gasteiger partial charge in [0, 0.05) is 35.8 Å². The van der Waals surface area contributed by atoms with E-state index < -0.39 is 29.6 Å². The summed E-state index contributed by atoms with van der Waals surface area (Å²) in [7, 11) is 1.56.